The van der Waals surface area contributed by atoms with E-state index in [1.165, 1.54) is 11.3 Å². The highest BCUT2D eigenvalue weighted by atomic mass is 32.1. The van der Waals surface area contributed by atoms with E-state index in [0.29, 0.717) is 24.4 Å². The van der Waals surface area contributed by atoms with Gasteiger partial charge in [-0.2, -0.15) is 5.10 Å². The van der Waals surface area contributed by atoms with Gasteiger partial charge in [-0.05, 0) is 56.6 Å². The number of amides is 1. The van der Waals surface area contributed by atoms with E-state index in [2.05, 4.69) is 24.8 Å². The Hall–Kier alpha value is -2.43. The van der Waals surface area contributed by atoms with E-state index in [4.69, 9.17) is 17.3 Å². The minimum atomic E-state index is -0.0554. The Kier molecular flexibility index (Phi) is 5.45. The van der Waals surface area contributed by atoms with Crippen LogP contribution in [-0.2, 0) is 11.5 Å². The Morgan fingerprint density at radius 3 is 2.93 bits per heavy atom. The number of carbonyl (C=O) groups is 1. The zero-order chi connectivity index (χ0) is 20.5. The van der Waals surface area contributed by atoms with Crippen LogP contribution in [0.4, 0.5) is 5.13 Å². The molecule has 3 aromatic heterocycles. The van der Waals surface area contributed by atoms with Crippen LogP contribution in [0.1, 0.15) is 31.7 Å². The third-order valence-corrected chi connectivity index (χ3v) is 6.67. The smallest absolute Gasteiger partial charge is 0.230 e. The number of likely N-dealkylation sites (tertiary alicyclic amines) is 1. The van der Waals surface area contributed by atoms with Crippen molar-refractivity contribution in [3.05, 3.63) is 40.9 Å². The fourth-order valence-electron chi connectivity index (χ4n) is 3.95. The molecule has 10 heteroatoms. The Morgan fingerprint density at radius 2 is 2.20 bits per heavy atom. The van der Waals surface area contributed by atoms with Gasteiger partial charge in [-0.15, -0.1) is 11.3 Å². The van der Waals surface area contributed by atoms with Gasteiger partial charge < -0.3 is 5.32 Å². The minimum absolute atomic E-state index is 0.0396. The van der Waals surface area contributed by atoms with E-state index >= 15 is 0 Å². The molecule has 2 aliphatic rings. The average molecular weight is 442 g/mol. The second-order valence-corrected chi connectivity index (χ2v) is 9.09. The molecule has 0 radical (unpaired) electrons. The van der Waals surface area contributed by atoms with Crippen LogP contribution in [0.25, 0.3) is 11.4 Å². The molecule has 0 spiro atoms. The van der Waals surface area contributed by atoms with Gasteiger partial charge in [-0.1, -0.05) is 0 Å². The summed E-state index contributed by atoms with van der Waals surface area (Å²) in [6.45, 7) is 2.21. The zero-order valence-corrected chi connectivity index (χ0v) is 18.1. The number of nitrogens with zero attached hydrogens (tertiary/aromatic N) is 6. The largest absolute Gasteiger partial charge is 0.302 e. The van der Waals surface area contributed by atoms with Crippen LogP contribution in [-0.4, -0.2) is 48.2 Å². The first kappa shape index (κ1) is 19.5. The Bertz CT molecular complexity index is 1070. The lowest BCUT2D eigenvalue weighted by Crippen LogP contribution is -2.41. The normalized spacial score (nSPS) is 19.7. The van der Waals surface area contributed by atoms with Gasteiger partial charge in [-0.3, -0.25) is 19.2 Å². The van der Waals surface area contributed by atoms with Crippen LogP contribution < -0.4 is 5.32 Å². The number of piperidine rings is 1. The summed E-state index contributed by atoms with van der Waals surface area (Å²) in [5, 5.41) is 10.3. The molecule has 1 aliphatic carbocycles. The summed E-state index contributed by atoms with van der Waals surface area (Å²) in [5.74, 6) is 0.864. The second-order valence-electron chi connectivity index (χ2n) is 7.83. The molecule has 8 nitrogen and oxygen atoms in total. The predicted octanol–water partition coefficient (Wildman–Crippen LogP) is 3.58. The topological polar surface area (TPSA) is 80.9 Å². The first-order valence-corrected chi connectivity index (χ1v) is 11.5. The maximum Gasteiger partial charge on any atom is 0.230 e. The first-order valence-electron chi connectivity index (χ1n) is 10.2. The number of rotatable bonds is 6. The van der Waals surface area contributed by atoms with Crippen LogP contribution in [0.3, 0.4) is 0 Å². The van der Waals surface area contributed by atoms with Gasteiger partial charge in [-0.25, -0.2) is 9.67 Å². The molecule has 0 unspecified atom stereocenters. The first-order chi connectivity index (χ1) is 14.7. The standard InChI is InChI=1S/C20H23N7OS2/c28-18(23-19-22-8-10-30-19)15-4-2-9-25(12-15)13-26-20(29)27(16-5-6-16)17(24-26)14-3-1-7-21-11-14/h1,3,7-8,10-11,15-16H,2,4-6,9,12-13H2,(H,22,23,28)/t15-/m1/s1. The molecule has 1 aliphatic heterocycles. The van der Waals surface area contributed by atoms with Crippen molar-refractivity contribution in [2.24, 2.45) is 5.92 Å². The van der Waals surface area contributed by atoms with Crippen LogP contribution in [0, 0.1) is 10.7 Å². The van der Waals surface area contributed by atoms with Crippen LogP contribution >= 0.6 is 23.6 Å². The Labute approximate surface area is 183 Å². The van der Waals surface area contributed by atoms with E-state index in [1.54, 1.807) is 12.4 Å². The monoisotopic (exact) mass is 441 g/mol. The predicted molar refractivity (Wildman–Crippen MR) is 118 cm³/mol. The summed E-state index contributed by atoms with van der Waals surface area (Å²) in [7, 11) is 0. The fourth-order valence-corrected chi connectivity index (χ4v) is 4.81. The van der Waals surface area contributed by atoms with Crippen LogP contribution in [0.15, 0.2) is 36.1 Å². The van der Waals surface area contributed by atoms with Gasteiger partial charge in [0, 0.05) is 42.1 Å². The molecule has 4 heterocycles. The third-order valence-electron chi connectivity index (χ3n) is 5.57. The van der Waals surface area contributed by atoms with E-state index < -0.39 is 0 Å². The van der Waals surface area contributed by atoms with Gasteiger partial charge in [0.25, 0.3) is 0 Å². The summed E-state index contributed by atoms with van der Waals surface area (Å²) >= 11 is 7.22. The molecule has 156 valence electrons. The Morgan fingerprint density at radius 1 is 1.30 bits per heavy atom. The van der Waals surface area contributed by atoms with Crippen LogP contribution in [0.2, 0.25) is 0 Å². The molecule has 1 atom stereocenters. The molecular weight excluding hydrogens is 418 g/mol. The molecule has 30 heavy (non-hydrogen) atoms. The summed E-state index contributed by atoms with van der Waals surface area (Å²) in [5.41, 5.74) is 0.980. The number of anilines is 1. The second kappa shape index (κ2) is 8.37. The van der Waals surface area contributed by atoms with Gasteiger partial charge >= 0.3 is 0 Å². The Balaban J connectivity index is 1.33. The van der Waals surface area contributed by atoms with E-state index in [9.17, 15) is 4.79 Å². The van der Waals surface area contributed by atoms with Crippen molar-refractivity contribution in [3.8, 4) is 11.4 Å². The lowest BCUT2D eigenvalue weighted by molar-refractivity contribution is -0.121. The molecule has 0 bridgehead atoms. The number of carbonyl (C=O) groups excluding carboxylic acids is 1. The molecule has 1 N–H and O–H groups in total. The lowest BCUT2D eigenvalue weighted by Gasteiger charge is -2.31. The van der Waals surface area contributed by atoms with Crippen molar-refractivity contribution in [2.75, 3.05) is 18.4 Å². The maximum absolute atomic E-state index is 12.6. The van der Waals surface area contributed by atoms with Crippen molar-refractivity contribution < 1.29 is 4.79 Å². The highest BCUT2D eigenvalue weighted by Crippen LogP contribution is 2.38. The summed E-state index contributed by atoms with van der Waals surface area (Å²) in [6.07, 6.45) is 9.43. The van der Waals surface area contributed by atoms with Crippen molar-refractivity contribution in [1.29, 1.82) is 0 Å². The van der Waals surface area contributed by atoms with Gasteiger partial charge in [0.05, 0.1) is 12.6 Å². The number of thiazole rings is 1. The number of nitrogens with one attached hydrogen (secondary N) is 1. The molecule has 0 aromatic carbocycles. The number of aromatic nitrogens is 5. The molecule has 2 fully saturated rings. The van der Waals surface area contributed by atoms with Crippen LogP contribution in [0.5, 0.6) is 0 Å². The molecule has 3 aromatic rings. The summed E-state index contributed by atoms with van der Waals surface area (Å²) in [6, 6.07) is 4.37. The molecule has 1 saturated carbocycles. The lowest BCUT2D eigenvalue weighted by atomic mass is 9.97. The van der Waals surface area contributed by atoms with E-state index in [0.717, 1.165) is 48.4 Å². The summed E-state index contributed by atoms with van der Waals surface area (Å²) < 4.78 is 4.81. The van der Waals surface area contributed by atoms with Gasteiger partial charge in [0.15, 0.2) is 15.7 Å². The quantitative estimate of drug-likeness (QED) is 0.589. The molecule has 5 rings (SSSR count). The maximum atomic E-state index is 12.6. The molecular formula is C20H23N7OS2. The SMILES string of the molecule is O=C(Nc1nccs1)[C@@H]1CCCN(Cn2nc(-c3cccnc3)n(C3CC3)c2=S)C1. The number of hydrogen-bond donors (Lipinski definition) is 1. The highest BCUT2D eigenvalue weighted by molar-refractivity contribution is 7.71. The zero-order valence-electron chi connectivity index (χ0n) is 16.5. The fraction of sp³-hybridized carbons (Fsp3) is 0.450. The highest BCUT2D eigenvalue weighted by Gasteiger charge is 2.31. The van der Waals surface area contributed by atoms with Gasteiger partial charge in [0.1, 0.15) is 0 Å². The van der Waals surface area contributed by atoms with E-state index in [1.807, 2.05) is 28.4 Å². The third kappa shape index (κ3) is 4.07. The minimum Gasteiger partial charge on any atom is -0.302 e. The van der Waals surface area contributed by atoms with Crippen molar-refractivity contribution in [2.45, 2.75) is 38.4 Å². The van der Waals surface area contributed by atoms with Crippen molar-refractivity contribution in [1.82, 2.24) is 29.2 Å². The summed E-state index contributed by atoms with van der Waals surface area (Å²) in [4.78, 5) is 23.3. The molecule has 1 amide bonds. The number of pyridine rings is 1. The average Bonchev–Trinajstić information content (AvgIpc) is 3.38. The molecule has 1 saturated heterocycles. The van der Waals surface area contributed by atoms with E-state index in [-0.39, 0.29) is 11.8 Å². The van der Waals surface area contributed by atoms with Gasteiger partial charge in [0.2, 0.25) is 5.91 Å². The number of hydrogen-bond acceptors (Lipinski definition) is 7. The van der Waals surface area contributed by atoms with Crippen molar-refractivity contribution in [3.63, 3.8) is 0 Å². The van der Waals surface area contributed by atoms with Crippen molar-refractivity contribution >= 4 is 34.6 Å².